The minimum Gasteiger partial charge on any atom is -0.366 e. The van der Waals surface area contributed by atoms with Gasteiger partial charge >= 0.3 is 0 Å². The van der Waals surface area contributed by atoms with Gasteiger partial charge in [0.05, 0.1) is 6.33 Å². The molecule has 1 aliphatic carbocycles. The van der Waals surface area contributed by atoms with Gasteiger partial charge in [0.1, 0.15) is 5.52 Å². The van der Waals surface area contributed by atoms with E-state index >= 15 is 0 Å². The Bertz CT molecular complexity index is 601. The fourth-order valence-electron chi connectivity index (χ4n) is 2.93. The average molecular weight is 294 g/mol. The minimum absolute atomic E-state index is 0.245. The Hall–Kier alpha value is -1.36. The molecule has 1 fully saturated rings. The normalized spacial score (nSPS) is 17.0. The summed E-state index contributed by atoms with van der Waals surface area (Å²) in [7, 11) is 0. The molecule has 108 valence electrons. The van der Waals surface area contributed by atoms with Crippen LogP contribution in [-0.4, -0.2) is 25.6 Å². The number of nitrogens with one attached hydrogen (secondary N) is 1. The number of hydrogen-bond donors (Lipinski definition) is 1. The number of hydrogen-bond acceptors (Lipinski definition) is 4. The summed E-state index contributed by atoms with van der Waals surface area (Å²) in [6.07, 6.45) is 8.20. The molecule has 3 rings (SSSR count). The van der Waals surface area contributed by atoms with Crippen molar-refractivity contribution in [2.45, 2.75) is 58.0 Å². The van der Waals surface area contributed by atoms with E-state index in [9.17, 15) is 0 Å². The first-order valence-corrected chi connectivity index (χ1v) is 7.69. The Morgan fingerprint density at radius 3 is 2.70 bits per heavy atom. The van der Waals surface area contributed by atoms with Gasteiger partial charge in [-0.3, -0.25) is 0 Å². The van der Waals surface area contributed by atoms with Crippen molar-refractivity contribution in [3.05, 3.63) is 11.6 Å². The van der Waals surface area contributed by atoms with E-state index in [0.29, 0.717) is 17.7 Å². The van der Waals surface area contributed by atoms with Gasteiger partial charge in [-0.15, -0.1) is 0 Å². The lowest BCUT2D eigenvalue weighted by molar-refractivity contribution is 0.359. The molecule has 0 saturated heterocycles. The molecule has 0 unspecified atom stereocenters. The molecule has 1 saturated carbocycles. The van der Waals surface area contributed by atoms with Crippen LogP contribution in [0.5, 0.6) is 0 Å². The van der Waals surface area contributed by atoms with Crippen LogP contribution in [-0.2, 0) is 0 Å². The Morgan fingerprint density at radius 1 is 1.25 bits per heavy atom. The maximum absolute atomic E-state index is 5.99. The summed E-state index contributed by atoms with van der Waals surface area (Å²) >= 11 is 5.99. The van der Waals surface area contributed by atoms with Crippen molar-refractivity contribution in [1.82, 2.24) is 19.5 Å². The molecule has 2 heterocycles. The highest BCUT2D eigenvalue weighted by Crippen LogP contribution is 2.32. The quantitative estimate of drug-likeness (QED) is 0.875. The lowest BCUT2D eigenvalue weighted by Gasteiger charge is -2.24. The Balaban J connectivity index is 2.08. The van der Waals surface area contributed by atoms with E-state index in [2.05, 4.69) is 38.7 Å². The highest BCUT2D eigenvalue weighted by Gasteiger charge is 2.21. The first kappa shape index (κ1) is 13.6. The predicted molar refractivity (Wildman–Crippen MR) is 81.2 cm³/mol. The van der Waals surface area contributed by atoms with Crippen LogP contribution >= 0.6 is 11.6 Å². The lowest BCUT2D eigenvalue weighted by Crippen LogP contribution is -2.16. The third kappa shape index (κ3) is 2.59. The number of aromatic nitrogens is 4. The van der Waals surface area contributed by atoms with Crippen molar-refractivity contribution in [3.63, 3.8) is 0 Å². The zero-order chi connectivity index (χ0) is 14.1. The second-order valence-corrected chi connectivity index (χ2v) is 6.09. The molecule has 0 spiro atoms. The summed E-state index contributed by atoms with van der Waals surface area (Å²) in [5, 5.41) is 3.60. The fraction of sp³-hybridized carbons (Fsp3) is 0.643. The van der Waals surface area contributed by atoms with Crippen LogP contribution < -0.4 is 5.32 Å². The van der Waals surface area contributed by atoms with Crippen LogP contribution in [0, 0.1) is 0 Å². The fourth-order valence-corrected chi connectivity index (χ4v) is 3.09. The molecule has 0 amide bonds. The zero-order valence-electron chi connectivity index (χ0n) is 11.9. The largest absolute Gasteiger partial charge is 0.366 e. The second kappa shape index (κ2) is 5.56. The Morgan fingerprint density at radius 2 is 2.00 bits per heavy atom. The van der Waals surface area contributed by atoms with Crippen LogP contribution in [0.15, 0.2) is 6.33 Å². The van der Waals surface area contributed by atoms with Gasteiger partial charge in [-0.1, -0.05) is 19.3 Å². The van der Waals surface area contributed by atoms with Crippen LogP contribution in [0.25, 0.3) is 11.2 Å². The number of halogens is 1. The van der Waals surface area contributed by atoms with Gasteiger partial charge in [0.25, 0.3) is 0 Å². The third-order valence-electron chi connectivity index (χ3n) is 3.79. The maximum atomic E-state index is 5.99. The summed E-state index contributed by atoms with van der Waals surface area (Å²) in [6, 6.07) is 0.796. The van der Waals surface area contributed by atoms with Crippen molar-refractivity contribution in [2.24, 2.45) is 0 Å². The summed E-state index contributed by atoms with van der Waals surface area (Å²) < 4.78 is 2.23. The van der Waals surface area contributed by atoms with E-state index in [-0.39, 0.29) is 5.28 Å². The van der Waals surface area contributed by atoms with E-state index in [1.807, 2.05) is 6.33 Å². The SMILES string of the molecule is CC(C)Nc1nc(Cl)nc2ncn(C3CCCCC3)c12. The van der Waals surface area contributed by atoms with E-state index in [0.717, 1.165) is 11.3 Å². The molecule has 6 heteroatoms. The summed E-state index contributed by atoms with van der Waals surface area (Å²) in [6.45, 7) is 4.17. The number of imidazole rings is 1. The van der Waals surface area contributed by atoms with E-state index < -0.39 is 0 Å². The Labute approximate surface area is 123 Å². The molecular weight excluding hydrogens is 274 g/mol. The first-order valence-electron chi connectivity index (χ1n) is 7.32. The van der Waals surface area contributed by atoms with Gasteiger partial charge in [-0.05, 0) is 38.3 Å². The molecule has 20 heavy (non-hydrogen) atoms. The number of rotatable bonds is 3. The summed E-state index contributed by atoms with van der Waals surface area (Å²) in [5.41, 5.74) is 1.66. The number of fused-ring (bicyclic) bond motifs is 1. The molecule has 2 aromatic heterocycles. The van der Waals surface area contributed by atoms with Gasteiger partial charge in [-0.2, -0.15) is 9.97 Å². The van der Waals surface area contributed by atoms with E-state index in [1.54, 1.807) is 0 Å². The second-order valence-electron chi connectivity index (χ2n) is 5.76. The third-order valence-corrected chi connectivity index (χ3v) is 3.96. The van der Waals surface area contributed by atoms with E-state index in [4.69, 9.17) is 11.6 Å². The van der Waals surface area contributed by atoms with Gasteiger partial charge in [0, 0.05) is 12.1 Å². The lowest BCUT2D eigenvalue weighted by atomic mass is 9.95. The van der Waals surface area contributed by atoms with Crippen LogP contribution in [0.1, 0.15) is 52.0 Å². The van der Waals surface area contributed by atoms with Crippen LogP contribution in [0.2, 0.25) is 5.28 Å². The molecule has 2 aromatic rings. The van der Waals surface area contributed by atoms with E-state index in [1.165, 1.54) is 32.1 Å². The molecule has 0 radical (unpaired) electrons. The van der Waals surface area contributed by atoms with Gasteiger partial charge in [0.2, 0.25) is 5.28 Å². The molecule has 1 aliphatic rings. The summed E-state index contributed by atoms with van der Waals surface area (Å²) in [4.78, 5) is 13.0. The monoisotopic (exact) mass is 293 g/mol. The van der Waals surface area contributed by atoms with Gasteiger partial charge < -0.3 is 9.88 Å². The van der Waals surface area contributed by atoms with Gasteiger partial charge in [0.15, 0.2) is 11.5 Å². The van der Waals surface area contributed by atoms with Crippen LogP contribution in [0.3, 0.4) is 0 Å². The van der Waals surface area contributed by atoms with Crippen molar-refractivity contribution in [2.75, 3.05) is 5.32 Å². The van der Waals surface area contributed by atoms with Gasteiger partial charge in [-0.25, -0.2) is 4.98 Å². The topological polar surface area (TPSA) is 55.6 Å². The summed E-state index contributed by atoms with van der Waals surface area (Å²) in [5.74, 6) is 0.790. The number of anilines is 1. The Kier molecular flexibility index (Phi) is 3.78. The molecule has 0 atom stereocenters. The van der Waals surface area contributed by atoms with Crippen molar-refractivity contribution in [3.8, 4) is 0 Å². The predicted octanol–water partition coefficient (Wildman–Crippen LogP) is 3.81. The van der Waals surface area contributed by atoms with Crippen molar-refractivity contribution >= 4 is 28.6 Å². The molecular formula is C14H20ClN5. The maximum Gasteiger partial charge on any atom is 0.226 e. The molecule has 0 aliphatic heterocycles. The highest BCUT2D eigenvalue weighted by atomic mass is 35.5. The molecule has 0 aromatic carbocycles. The van der Waals surface area contributed by atoms with Crippen molar-refractivity contribution < 1.29 is 0 Å². The van der Waals surface area contributed by atoms with Crippen LogP contribution in [0.4, 0.5) is 5.82 Å². The smallest absolute Gasteiger partial charge is 0.226 e. The minimum atomic E-state index is 0.245. The zero-order valence-corrected chi connectivity index (χ0v) is 12.7. The molecule has 0 bridgehead atoms. The molecule has 5 nitrogen and oxygen atoms in total. The standard InChI is InChI=1S/C14H20ClN5/c1-9(2)17-13-11-12(18-14(15)19-13)16-8-20(11)10-6-4-3-5-7-10/h8-10H,3-7H2,1-2H3,(H,17,18,19). The number of nitrogens with zero attached hydrogens (tertiary/aromatic N) is 4. The molecule has 1 N–H and O–H groups in total. The first-order chi connectivity index (χ1) is 9.65. The van der Waals surface area contributed by atoms with Crippen molar-refractivity contribution in [1.29, 1.82) is 0 Å². The highest BCUT2D eigenvalue weighted by molar-refractivity contribution is 6.28. The average Bonchev–Trinajstić information content (AvgIpc) is 2.82.